The van der Waals surface area contributed by atoms with Crippen molar-refractivity contribution in [3.05, 3.63) is 28.7 Å². The molecule has 0 radical (unpaired) electrons. The molecule has 0 atom stereocenters. The summed E-state index contributed by atoms with van der Waals surface area (Å²) in [5, 5.41) is 0. The van der Waals surface area contributed by atoms with E-state index < -0.39 is 0 Å². The van der Waals surface area contributed by atoms with Gasteiger partial charge in [0, 0.05) is 25.5 Å². The molecule has 0 amide bonds. The predicted octanol–water partition coefficient (Wildman–Crippen LogP) is 3.27. The number of allylic oxidation sites excluding steroid dienone is 4. The van der Waals surface area contributed by atoms with Gasteiger partial charge in [-0.1, -0.05) is 0 Å². The average molecular weight is 135 g/mol. The molecule has 10 heavy (non-hydrogen) atoms. The van der Waals surface area contributed by atoms with Crippen LogP contribution < -0.4 is 0 Å². The first-order chi connectivity index (χ1) is 4.63. The number of hydrogen-bond donors (Lipinski definition) is 0. The number of hydrogen-bond acceptors (Lipinski definition) is 0. The highest BCUT2D eigenvalue weighted by molar-refractivity contribution is 5.43. The molecule has 0 saturated carbocycles. The van der Waals surface area contributed by atoms with E-state index in [9.17, 15) is 0 Å². The molecule has 0 aromatic heterocycles. The average Bonchev–Trinajstić information content (AvgIpc) is 1.93. The molecule has 0 saturated heterocycles. The Hall–Kier alpha value is -0.650. The maximum absolute atomic E-state index is 2.30. The maximum Gasteiger partial charge on any atom is 0.0751 e. The van der Waals surface area contributed by atoms with Gasteiger partial charge in [0.1, 0.15) is 0 Å². The predicted molar refractivity (Wildman–Crippen MR) is 45.7 cm³/mol. The monoisotopic (exact) mass is 135 g/mol. The van der Waals surface area contributed by atoms with Crippen molar-refractivity contribution < 1.29 is 0 Å². The summed E-state index contributed by atoms with van der Waals surface area (Å²) >= 11 is 0. The van der Waals surface area contributed by atoms with E-state index in [0.29, 0.717) is 0 Å². The summed E-state index contributed by atoms with van der Waals surface area (Å²) in [7, 11) is 0. The van der Waals surface area contributed by atoms with Crippen molar-refractivity contribution in [3.63, 3.8) is 0 Å². The van der Waals surface area contributed by atoms with Gasteiger partial charge in [0.25, 0.3) is 0 Å². The molecule has 0 aromatic carbocycles. The van der Waals surface area contributed by atoms with E-state index in [4.69, 9.17) is 0 Å². The van der Waals surface area contributed by atoms with E-state index in [1.54, 1.807) is 0 Å². The maximum atomic E-state index is 2.30. The third-order valence-corrected chi connectivity index (χ3v) is 2.51. The van der Waals surface area contributed by atoms with Gasteiger partial charge in [-0.15, -0.1) is 0 Å². The summed E-state index contributed by atoms with van der Waals surface area (Å²) < 4.78 is 0. The summed E-state index contributed by atoms with van der Waals surface area (Å²) in [6, 6.07) is 0. The van der Waals surface area contributed by atoms with Crippen LogP contribution in [-0.4, -0.2) is 0 Å². The molecule has 0 aromatic rings. The van der Waals surface area contributed by atoms with Crippen LogP contribution in [0.1, 0.15) is 34.1 Å². The van der Waals surface area contributed by atoms with Gasteiger partial charge in [-0.3, -0.25) is 0 Å². The molecule has 54 valence electrons. The van der Waals surface area contributed by atoms with Crippen LogP contribution in [0.3, 0.4) is 0 Å². The molecule has 0 N–H and O–H groups in total. The Balaban J connectivity index is 2.86. The summed E-state index contributed by atoms with van der Waals surface area (Å²) in [5.74, 6) is 1.46. The normalized spacial score (nSPS) is 19.6. The molecule has 0 spiro atoms. The van der Waals surface area contributed by atoms with E-state index in [-0.39, 0.29) is 0 Å². The molecule has 0 nitrogen and oxygen atoms in total. The highest BCUT2D eigenvalue weighted by atomic mass is 14.2. The molecule has 1 aliphatic rings. The van der Waals surface area contributed by atoms with Gasteiger partial charge < -0.3 is 0 Å². The number of rotatable bonds is 0. The fraction of sp³-hybridized carbons (Fsp3) is 0.500. The zero-order valence-corrected chi connectivity index (χ0v) is 7.28. The van der Waals surface area contributed by atoms with E-state index in [0.717, 1.165) is 6.42 Å². The summed E-state index contributed by atoms with van der Waals surface area (Å²) in [6.45, 7) is 8.80. The molecule has 0 heterocycles. The molecule has 0 bridgehead atoms. The lowest BCUT2D eigenvalue weighted by Gasteiger charge is -2.11. The van der Waals surface area contributed by atoms with Crippen LogP contribution in [0, 0.1) is 5.92 Å². The fourth-order valence-electron chi connectivity index (χ4n) is 1.23. The first-order valence-corrected chi connectivity index (χ1v) is 3.80. The van der Waals surface area contributed by atoms with Crippen molar-refractivity contribution in [1.82, 2.24) is 0 Å². The van der Waals surface area contributed by atoms with Gasteiger partial charge in [0.15, 0.2) is 0 Å². The molecular weight excluding hydrogens is 120 g/mol. The van der Waals surface area contributed by atoms with E-state index in [1.807, 2.05) is 0 Å². The van der Waals surface area contributed by atoms with Crippen LogP contribution in [0.4, 0.5) is 0 Å². The minimum absolute atomic E-state index is 1.15. The first kappa shape index (κ1) is 7.46. The fourth-order valence-corrected chi connectivity index (χ4v) is 1.23. The molecule has 0 heteroatoms. The second kappa shape index (κ2) is 2.53. The Kier molecular flexibility index (Phi) is 1.89. The minimum atomic E-state index is 1.15. The van der Waals surface area contributed by atoms with Crippen molar-refractivity contribution in [2.45, 2.75) is 34.1 Å². The molecule has 0 unspecified atom stereocenters. The van der Waals surface area contributed by atoms with Gasteiger partial charge in [-0.2, -0.15) is 0 Å². The lowest BCUT2D eigenvalue weighted by molar-refractivity contribution is 0.989. The van der Waals surface area contributed by atoms with E-state index >= 15 is 0 Å². The lowest BCUT2D eigenvalue weighted by atomic mass is 9.85. The smallest absolute Gasteiger partial charge is 0.0145 e. The quantitative estimate of drug-likeness (QED) is 0.447. The Bertz CT molecular complexity index is 194. The molecule has 1 aliphatic carbocycles. The third kappa shape index (κ3) is 1.11. The van der Waals surface area contributed by atoms with Gasteiger partial charge in [-0.05, 0) is 13.8 Å². The van der Waals surface area contributed by atoms with Crippen LogP contribution in [0.5, 0.6) is 0 Å². The summed E-state index contributed by atoms with van der Waals surface area (Å²) in [6.07, 6.45) is 3.45. The SMILES string of the molecule is CC1=CCC(C)=C(C)[C+]1C. The largest absolute Gasteiger partial charge is 0.0751 e. The van der Waals surface area contributed by atoms with Crippen LogP contribution in [0.25, 0.3) is 0 Å². The van der Waals surface area contributed by atoms with Crippen LogP contribution in [0.2, 0.25) is 0 Å². The van der Waals surface area contributed by atoms with Crippen molar-refractivity contribution in [3.8, 4) is 0 Å². The minimum Gasteiger partial charge on any atom is -0.0145 e. The van der Waals surface area contributed by atoms with Gasteiger partial charge in [0.05, 0.1) is 23.5 Å². The van der Waals surface area contributed by atoms with Crippen LogP contribution in [0.15, 0.2) is 22.8 Å². The molecule has 0 aliphatic heterocycles. The topological polar surface area (TPSA) is 0 Å². The van der Waals surface area contributed by atoms with Crippen LogP contribution >= 0.6 is 0 Å². The van der Waals surface area contributed by atoms with Crippen molar-refractivity contribution >= 4 is 0 Å². The Labute approximate surface area is 63.6 Å². The highest BCUT2D eigenvalue weighted by Gasteiger charge is 2.21. The van der Waals surface area contributed by atoms with Crippen molar-refractivity contribution in [2.75, 3.05) is 0 Å². The van der Waals surface area contributed by atoms with E-state index in [2.05, 4.69) is 33.8 Å². The van der Waals surface area contributed by atoms with Crippen molar-refractivity contribution in [1.29, 1.82) is 0 Å². The Morgan fingerprint density at radius 1 is 1.30 bits per heavy atom. The van der Waals surface area contributed by atoms with Crippen molar-refractivity contribution in [2.24, 2.45) is 0 Å². The van der Waals surface area contributed by atoms with Gasteiger partial charge >= 0.3 is 0 Å². The standard InChI is InChI=1S/C10H15/c1-7-5-6-8(2)10(4)9(7)3/h5H,6H2,1-4H3/q+1. The summed E-state index contributed by atoms with van der Waals surface area (Å²) in [5.41, 5.74) is 4.45. The Morgan fingerprint density at radius 3 is 2.40 bits per heavy atom. The summed E-state index contributed by atoms with van der Waals surface area (Å²) in [4.78, 5) is 0. The van der Waals surface area contributed by atoms with Gasteiger partial charge in [-0.25, -0.2) is 0 Å². The highest BCUT2D eigenvalue weighted by Crippen LogP contribution is 2.30. The second-order valence-corrected chi connectivity index (χ2v) is 3.12. The van der Waals surface area contributed by atoms with Gasteiger partial charge in [0.2, 0.25) is 0 Å². The van der Waals surface area contributed by atoms with Crippen LogP contribution in [-0.2, 0) is 0 Å². The zero-order valence-electron chi connectivity index (χ0n) is 7.28. The zero-order chi connectivity index (χ0) is 7.72. The van der Waals surface area contributed by atoms with E-state index in [1.165, 1.54) is 22.6 Å². The second-order valence-electron chi connectivity index (χ2n) is 3.12. The first-order valence-electron chi connectivity index (χ1n) is 3.80. The molecule has 1 rings (SSSR count). The third-order valence-electron chi connectivity index (χ3n) is 2.51. The molecule has 0 fully saturated rings. The Morgan fingerprint density at radius 2 is 1.90 bits per heavy atom. The molecular formula is C10H15+. The lowest BCUT2D eigenvalue weighted by Crippen LogP contribution is -2.02.